The van der Waals surface area contributed by atoms with Crippen molar-refractivity contribution in [1.29, 1.82) is 0 Å². The summed E-state index contributed by atoms with van der Waals surface area (Å²) in [4.78, 5) is 11.4. The van der Waals surface area contributed by atoms with Crippen molar-refractivity contribution in [2.75, 3.05) is 0 Å². The van der Waals surface area contributed by atoms with Gasteiger partial charge in [-0.05, 0) is 23.8 Å². The van der Waals surface area contributed by atoms with Crippen molar-refractivity contribution >= 4 is 5.78 Å². The minimum atomic E-state index is 0.211. The van der Waals surface area contributed by atoms with Crippen LogP contribution in [-0.2, 0) is 4.79 Å². The van der Waals surface area contributed by atoms with E-state index in [-0.39, 0.29) is 11.3 Å². The summed E-state index contributed by atoms with van der Waals surface area (Å²) < 4.78 is 0. The van der Waals surface area contributed by atoms with Crippen LogP contribution in [0.1, 0.15) is 34.1 Å². The van der Waals surface area contributed by atoms with Gasteiger partial charge in [0.2, 0.25) is 0 Å². The predicted molar refractivity (Wildman–Crippen MR) is 50.9 cm³/mol. The lowest BCUT2D eigenvalue weighted by molar-refractivity contribution is -0.121. The van der Waals surface area contributed by atoms with Gasteiger partial charge in [0.25, 0.3) is 0 Å². The fraction of sp³-hybridized carbons (Fsp3) is 0.727. The highest BCUT2D eigenvalue weighted by molar-refractivity contribution is 5.92. The van der Waals surface area contributed by atoms with Gasteiger partial charge in [-0.3, -0.25) is 4.79 Å². The van der Waals surface area contributed by atoms with Gasteiger partial charge in [-0.25, -0.2) is 0 Å². The van der Waals surface area contributed by atoms with Gasteiger partial charge in [0.05, 0.1) is 0 Å². The van der Waals surface area contributed by atoms with Gasteiger partial charge in [-0.1, -0.05) is 33.8 Å². The molecule has 0 amide bonds. The van der Waals surface area contributed by atoms with E-state index in [0.29, 0.717) is 11.7 Å². The van der Waals surface area contributed by atoms with Gasteiger partial charge in [-0.15, -0.1) is 0 Å². The van der Waals surface area contributed by atoms with Crippen LogP contribution in [0.3, 0.4) is 0 Å². The molecular formula is C11H18O. The summed E-state index contributed by atoms with van der Waals surface area (Å²) in [5.41, 5.74) is 0.211. The van der Waals surface area contributed by atoms with Gasteiger partial charge < -0.3 is 0 Å². The highest BCUT2D eigenvalue weighted by Crippen LogP contribution is 2.35. The van der Waals surface area contributed by atoms with E-state index in [1.54, 1.807) is 6.08 Å². The maximum absolute atomic E-state index is 11.4. The standard InChI is InChI=1S/C11H18O/c1-8(2)9-7-11(3,4)6-5-10(9)12/h5-6,8-9H,7H2,1-4H3. The molecule has 0 saturated carbocycles. The zero-order chi connectivity index (χ0) is 9.35. The molecule has 1 rings (SSSR count). The molecule has 0 bridgehead atoms. The summed E-state index contributed by atoms with van der Waals surface area (Å²) in [6, 6.07) is 0. The second-order valence-corrected chi connectivity index (χ2v) is 4.78. The number of allylic oxidation sites excluding steroid dienone is 2. The molecule has 0 saturated heterocycles. The summed E-state index contributed by atoms with van der Waals surface area (Å²) in [6.45, 7) is 8.62. The first-order valence-corrected chi connectivity index (χ1v) is 4.65. The Morgan fingerprint density at radius 2 is 2.08 bits per heavy atom. The minimum absolute atomic E-state index is 0.211. The molecule has 68 valence electrons. The Morgan fingerprint density at radius 1 is 1.50 bits per heavy atom. The lowest BCUT2D eigenvalue weighted by atomic mass is 9.72. The average molecular weight is 166 g/mol. The van der Waals surface area contributed by atoms with E-state index in [1.807, 2.05) is 6.08 Å². The van der Waals surface area contributed by atoms with Crippen LogP contribution in [0, 0.1) is 17.3 Å². The summed E-state index contributed by atoms with van der Waals surface area (Å²) in [7, 11) is 0. The van der Waals surface area contributed by atoms with Gasteiger partial charge in [0, 0.05) is 5.92 Å². The maximum Gasteiger partial charge on any atom is 0.158 e. The normalized spacial score (nSPS) is 28.1. The van der Waals surface area contributed by atoms with Crippen molar-refractivity contribution in [3.8, 4) is 0 Å². The third kappa shape index (κ3) is 1.96. The molecule has 1 atom stereocenters. The van der Waals surface area contributed by atoms with E-state index in [4.69, 9.17) is 0 Å². The highest BCUT2D eigenvalue weighted by atomic mass is 16.1. The number of hydrogen-bond donors (Lipinski definition) is 0. The predicted octanol–water partition coefficient (Wildman–Crippen LogP) is 2.81. The Balaban J connectivity index is 2.81. The third-order valence-corrected chi connectivity index (χ3v) is 2.61. The molecule has 0 heterocycles. The highest BCUT2D eigenvalue weighted by Gasteiger charge is 2.30. The fourth-order valence-corrected chi connectivity index (χ4v) is 1.73. The maximum atomic E-state index is 11.4. The number of ketones is 1. The van der Waals surface area contributed by atoms with Crippen molar-refractivity contribution < 1.29 is 4.79 Å². The van der Waals surface area contributed by atoms with Crippen LogP contribution < -0.4 is 0 Å². The Morgan fingerprint density at radius 3 is 2.50 bits per heavy atom. The molecule has 1 unspecified atom stereocenters. The first kappa shape index (κ1) is 9.50. The van der Waals surface area contributed by atoms with Crippen molar-refractivity contribution in [2.24, 2.45) is 17.3 Å². The first-order valence-electron chi connectivity index (χ1n) is 4.65. The van der Waals surface area contributed by atoms with E-state index in [0.717, 1.165) is 6.42 Å². The molecule has 0 aromatic rings. The van der Waals surface area contributed by atoms with Gasteiger partial charge >= 0.3 is 0 Å². The lowest BCUT2D eigenvalue weighted by Crippen LogP contribution is -2.28. The van der Waals surface area contributed by atoms with Crippen molar-refractivity contribution in [1.82, 2.24) is 0 Å². The molecule has 0 fully saturated rings. The van der Waals surface area contributed by atoms with Crippen molar-refractivity contribution in [3.63, 3.8) is 0 Å². The zero-order valence-electron chi connectivity index (χ0n) is 8.42. The second kappa shape index (κ2) is 3.04. The Kier molecular flexibility index (Phi) is 2.41. The molecule has 1 heteroatoms. The molecule has 0 radical (unpaired) electrons. The fourth-order valence-electron chi connectivity index (χ4n) is 1.73. The Labute approximate surface area is 74.9 Å². The van der Waals surface area contributed by atoms with Crippen LogP contribution in [0.15, 0.2) is 12.2 Å². The summed E-state index contributed by atoms with van der Waals surface area (Å²) >= 11 is 0. The monoisotopic (exact) mass is 166 g/mol. The zero-order valence-corrected chi connectivity index (χ0v) is 8.42. The summed E-state index contributed by atoms with van der Waals surface area (Å²) in [5.74, 6) is 1.02. The van der Waals surface area contributed by atoms with Gasteiger partial charge in [0.15, 0.2) is 5.78 Å². The third-order valence-electron chi connectivity index (χ3n) is 2.61. The smallest absolute Gasteiger partial charge is 0.158 e. The Bertz CT molecular complexity index is 211. The molecule has 1 aliphatic carbocycles. The number of hydrogen-bond acceptors (Lipinski definition) is 1. The average Bonchev–Trinajstić information content (AvgIpc) is 1.94. The second-order valence-electron chi connectivity index (χ2n) is 4.78. The molecule has 0 spiro atoms. The SMILES string of the molecule is CC(C)C1CC(C)(C)C=CC1=O. The van der Waals surface area contributed by atoms with E-state index >= 15 is 0 Å². The summed E-state index contributed by atoms with van der Waals surface area (Å²) in [5, 5.41) is 0. The molecule has 0 N–H and O–H groups in total. The number of rotatable bonds is 1. The van der Waals surface area contributed by atoms with Gasteiger partial charge in [0.1, 0.15) is 0 Å². The van der Waals surface area contributed by atoms with Crippen molar-refractivity contribution in [3.05, 3.63) is 12.2 Å². The van der Waals surface area contributed by atoms with Gasteiger partial charge in [-0.2, -0.15) is 0 Å². The molecule has 1 nitrogen and oxygen atoms in total. The largest absolute Gasteiger partial charge is 0.295 e. The van der Waals surface area contributed by atoms with Crippen LogP contribution in [0.4, 0.5) is 0 Å². The van der Waals surface area contributed by atoms with Crippen LogP contribution in [0.2, 0.25) is 0 Å². The number of carbonyl (C=O) groups excluding carboxylic acids is 1. The molecule has 0 aromatic carbocycles. The van der Waals surface area contributed by atoms with E-state index in [1.165, 1.54) is 0 Å². The minimum Gasteiger partial charge on any atom is -0.295 e. The van der Waals surface area contributed by atoms with E-state index < -0.39 is 0 Å². The van der Waals surface area contributed by atoms with Crippen molar-refractivity contribution in [2.45, 2.75) is 34.1 Å². The molecular weight excluding hydrogens is 148 g/mol. The topological polar surface area (TPSA) is 17.1 Å². The number of carbonyl (C=O) groups is 1. The molecule has 12 heavy (non-hydrogen) atoms. The van der Waals surface area contributed by atoms with Crippen LogP contribution in [0.5, 0.6) is 0 Å². The molecule has 1 aliphatic rings. The van der Waals surface area contributed by atoms with Crippen LogP contribution >= 0.6 is 0 Å². The quantitative estimate of drug-likeness (QED) is 0.585. The molecule has 0 aromatic heterocycles. The molecule has 0 aliphatic heterocycles. The summed E-state index contributed by atoms with van der Waals surface area (Å²) in [6.07, 6.45) is 4.79. The Hall–Kier alpha value is -0.590. The van der Waals surface area contributed by atoms with E-state index in [2.05, 4.69) is 27.7 Å². The van der Waals surface area contributed by atoms with Crippen LogP contribution in [-0.4, -0.2) is 5.78 Å². The van der Waals surface area contributed by atoms with Crippen LogP contribution in [0.25, 0.3) is 0 Å². The first-order chi connectivity index (χ1) is 5.42. The lowest BCUT2D eigenvalue weighted by Gasteiger charge is -2.31. The van der Waals surface area contributed by atoms with E-state index in [9.17, 15) is 4.79 Å².